The van der Waals surface area contributed by atoms with Gasteiger partial charge in [0.2, 0.25) is 17.7 Å². The van der Waals surface area contributed by atoms with Gasteiger partial charge in [-0.3, -0.25) is 14.9 Å². The zero-order chi connectivity index (χ0) is 15.3. The molecule has 0 aliphatic carbocycles. The summed E-state index contributed by atoms with van der Waals surface area (Å²) < 4.78 is 0. The topological polar surface area (TPSA) is 122 Å². The highest BCUT2D eigenvalue weighted by atomic mass is 16.6. The fourth-order valence-electron chi connectivity index (χ4n) is 1.48. The average molecular weight is 282 g/mol. The van der Waals surface area contributed by atoms with E-state index in [4.69, 9.17) is 0 Å². The van der Waals surface area contributed by atoms with E-state index in [1.54, 1.807) is 20.9 Å². The fourth-order valence-corrected chi connectivity index (χ4v) is 1.48. The summed E-state index contributed by atoms with van der Waals surface area (Å²) in [5, 5.41) is 19.0. The lowest BCUT2D eigenvalue weighted by atomic mass is 9.92. The molecule has 0 radical (unpaired) electrons. The molecule has 1 aromatic heterocycles. The summed E-state index contributed by atoms with van der Waals surface area (Å²) in [7, 11) is 3.15. The first-order valence-electron chi connectivity index (χ1n) is 5.97. The van der Waals surface area contributed by atoms with Crippen molar-refractivity contribution in [3.05, 3.63) is 16.3 Å². The van der Waals surface area contributed by atoms with Gasteiger partial charge in [-0.1, -0.05) is 0 Å². The van der Waals surface area contributed by atoms with Crippen LogP contribution < -0.4 is 16.0 Å². The number of hydrogen-bond acceptors (Lipinski definition) is 7. The molecule has 0 aliphatic heterocycles. The number of hydrogen-bond donors (Lipinski definition) is 3. The quantitative estimate of drug-likeness (QED) is 0.516. The second kappa shape index (κ2) is 6.13. The van der Waals surface area contributed by atoms with Crippen molar-refractivity contribution in [2.24, 2.45) is 5.41 Å². The third kappa shape index (κ3) is 3.53. The Morgan fingerprint density at radius 2 is 2.10 bits per heavy atom. The lowest BCUT2D eigenvalue weighted by molar-refractivity contribution is -0.384. The van der Waals surface area contributed by atoms with Crippen molar-refractivity contribution in [2.45, 2.75) is 13.8 Å². The molecule has 1 amide bonds. The highest BCUT2D eigenvalue weighted by molar-refractivity contribution is 5.82. The van der Waals surface area contributed by atoms with Gasteiger partial charge in [0.05, 0.1) is 10.3 Å². The van der Waals surface area contributed by atoms with Gasteiger partial charge in [0.1, 0.15) is 6.20 Å². The molecule has 0 unspecified atom stereocenters. The van der Waals surface area contributed by atoms with Gasteiger partial charge in [0, 0.05) is 20.6 Å². The summed E-state index contributed by atoms with van der Waals surface area (Å²) in [6, 6.07) is 0. The molecule has 0 atom stereocenters. The van der Waals surface area contributed by atoms with Crippen molar-refractivity contribution in [2.75, 3.05) is 31.3 Å². The van der Waals surface area contributed by atoms with E-state index in [-0.39, 0.29) is 29.9 Å². The SMILES string of the molecule is CNC(=O)C(C)(C)CNc1nc(NC)ncc1[N+](=O)[O-]. The van der Waals surface area contributed by atoms with E-state index in [0.717, 1.165) is 6.20 Å². The van der Waals surface area contributed by atoms with Gasteiger partial charge in [-0.15, -0.1) is 0 Å². The molecule has 0 fully saturated rings. The molecule has 9 heteroatoms. The van der Waals surface area contributed by atoms with Crippen molar-refractivity contribution >= 4 is 23.4 Å². The van der Waals surface area contributed by atoms with Crippen molar-refractivity contribution < 1.29 is 9.72 Å². The molecule has 110 valence electrons. The van der Waals surface area contributed by atoms with Crippen molar-refractivity contribution in [1.82, 2.24) is 15.3 Å². The van der Waals surface area contributed by atoms with Crippen molar-refractivity contribution in [3.8, 4) is 0 Å². The van der Waals surface area contributed by atoms with Crippen LogP contribution in [0.1, 0.15) is 13.8 Å². The molecule has 1 heterocycles. The normalized spacial score (nSPS) is 10.8. The standard InChI is InChI=1S/C11H18N6O3/c1-11(2,9(18)12-3)6-15-8-7(17(19)20)5-14-10(13-4)16-8/h5H,6H2,1-4H3,(H,12,18)(H2,13,14,15,16). The van der Waals surface area contributed by atoms with E-state index in [1.165, 1.54) is 7.05 Å². The second-order valence-electron chi connectivity index (χ2n) is 4.75. The summed E-state index contributed by atoms with van der Waals surface area (Å²) in [6.07, 6.45) is 1.12. The minimum absolute atomic E-state index is 0.0753. The molecule has 0 aliphatic rings. The molecular formula is C11H18N6O3. The second-order valence-corrected chi connectivity index (χ2v) is 4.75. The molecule has 9 nitrogen and oxygen atoms in total. The van der Waals surface area contributed by atoms with Crippen LogP contribution in [-0.4, -0.2) is 41.4 Å². The van der Waals surface area contributed by atoms with E-state index in [0.29, 0.717) is 0 Å². The number of aromatic nitrogens is 2. The third-order valence-corrected chi connectivity index (χ3v) is 2.73. The van der Waals surface area contributed by atoms with E-state index in [2.05, 4.69) is 25.9 Å². The molecule has 0 bridgehead atoms. The zero-order valence-electron chi connectivity index (χ0n) is 11.9. The van der Waals surface area contributed by atoms with Crippen LogP contribution in [0.15, 0.2) is 6.20 Å². The largest absolute Gasteiger partial charge is 0.363 e. The molecule has 1 rings (SSSR count). The first-order chi connectivity index (χ1) is 9.31. The van der Waals surface area contributed by atoms with E-state index in [9.17, 15) is 14.9 Å². The van der Waals surface area contributed by atoms with Crippen molar-refractivity contribution in [1.29, 1.82) is 0 Å². The minimum Gasteiger partial charge on any atom is -0.363 e. The van der Waals surface area contributed by atoms with E-state index >= 15 is 0 Å². The van der Waals surface area contributed by atoms with Gasteiger partial charge >= 0.3 is 5.69 Å². The van der Waals surface area contributed by atoms with Crippen LogP contribution in [0.25, 0.3) is 0 Å². The van der Waals surface area contributed by atoms with Crippen LogP contribution in [0.5, 0.6) is 0 Å². The Kier molecular flexibility index (Phi) is 4.78. The van der Waals surface area contributed by atoms with Crippen LogP contribution in [0, 0.1) is 15.5 Å². The predicted molar refractivity (Wildman–Crippen MR) is 74.6 cm³/mol. The van der Waals surface area contributed by atoms with Crippen LogP contribution in [0.4, 0.5) is 17.5 Å². The van der Waals surface area contributed by atoms with Gasteiger partial charge in [-0.25, -0.2) is 4.98 Å². The Morgan fingerprint density at radius 3 is 2.60 bits per heavy atom. The van der Waals surface area contributed by atoms with Crippen LogP contribution >= 0.6 is 0 Å². The Bertz CT molecular complexity index is 517. The zero-order valence-corrected chi connectivity index (χ0v) is 11.9. The monoisotopic (exact) mass is 282 g/mol. The van der Waals surface area contributed by atoms with Crippen LogP contribution in [0.2, 0.25) is 0 Å². The lowest BCUT2D eigenvalue weighted by Gasteiger charge is -2.23. The van der Waals surface area contributed by atoms with Gasteiger partial charge in [0.15, 0.2) is 0 Å². The molecule has 0 saturated carbocycles. The van der Waals surface area contributed by atoms with Gasteiger partial charge in [0.25, 0.3) is 0 Å². The number of rotatable bonds is 6. The molecule has 3 N–H and O–H groups in total. The Morgan fingerprint density at radius 1 is 1.45 bits per heavy atom. The summed E-state index contributed by atoms with van der Waals surface area (Å²) in [4.78, 5) is 29.8. The van der Waals surface area contributed by atoms with E-state index in [1.807, 2.05) is 0 Å². The Balaban J connectivity index is 2.96. The highest BCUT2D eigenvalue weighted by Crippen LogP contribution is 2.24. The van der Waals surface area contributed by atoms with Crippen molar-refractivity contribution in [3.63, 3.8) is 0 Å². The summed E-state index contributed by atoms with van der Waals surface area (Å²) in [6.45, 7) is 3.66. The number of nitrogens with zero attached hydrogens (tertiary/aromatic N) is 3. The molecule has 0 spiro atoms. The van der Waals surface area contributed by atoms with E-state index < -0.39 is 10.3 Å². The maximum absolute atomic E-state index is 11.7. The van der Waals surface area contributed by atoms with Gasteiger partial charge < -0.3 is 16.0 Å². The van der Waals surface area contributed by atoms with Gasteiger partial charge in [-0.2, -0.15) is 4.98 Å². The smallest absolute Gasteiger partial charge is 0.329 e. The fraction of sp³-hybridized carbons (Fsp3) is 0.545. The number of amides is 1. The average Bonchev–Trinajstić information content (AvgIpc) is 2.43. The lowest BCUT2D eigenvalue weighted by Crippen LogP contribution is -2.39. The summed E-state index contributed by atoms with van der Waals surface area (Å²) >= 11 is 0. The molecule has 0 aromatic carbocycles. The number of nitrogens with one attached hydrogen (secondary N) is 3. The Hall–Kier alpha value is -2.45. The first-order valence-corrected chi connectivity index (χ1v) is 5.97. The Labute approximate surface area is 116 Å². The number of nitro groups is 1. The summed E-state index contributed by atoms with van der Waals surface area (Å²) in [5.41, 5.74) is -0.968. The molecule has 1 aromatic rings. The highest BCUT2D eigenvalue weighted by Gasteiger charge is 2.28. The van der Waals surface area contributed by atoms with Crippen LogP contribution in [0.3, 0.4) is 0 Å². The number of anilines is 2. The maximum Gasteiger partial charge on any atom is 0.329 e. The first kappa shape index (κ1) is 15.6. The molecule has 20 heavy (non-hydrogen) atoms. The van der Waals surface area contributed by atoms with Gasteiger partial charge in [-0.05, 0) is 13.8 Å². The number of carbonyl (C=O) groups excluding carboxylic acids is 1. The molecular weight excluding hydrogens is 264 g/mol. The maximum atomic E-state index is 11.7. The predicted octanol–water partition coefficient (Wildman–Crippen LogP) is 0.611. The third-order valence-electron chi connectivity index (χ3n) is 2.73. The minimum atomic E-state index is -0.729. The number of carbonyl (C=O) groups is 1. The summed E-state index contributed by atoms with van der Waals surface area (Å²) in [5.74, 6) is 0.165. The molecule has 0 saturated heterocycles. The van der Waals surface area contributed by atoms with Crippen LogP contribution in [-0.2, 0) is 4.79 Å².